The van der Waals surface area contributed by atoms with Gasteiger partial charge in [0.2, 0.25) is 5.91 Å². The number of amides is 2. The van der Waals surface area contributed by atoms with Crippen molar-refractivity contribution in [1.29, 1.82) is 0 Å². The lowest BCUT2D eigenvalue weighted by Crippen LogP contribution is -2.39. The van der Waals surface area contributed by atoms with Gasteiger partial charge < -0.3 is 15.0 Å². The van der Waals surface area contributed by atoms with Gasteiger partial charge in [-0.05, 0) is 12.8 Å². The van der Waals surface area contributed by atoms with Crippen LogP contribution in [0, 0.1) is 17.8 Å². The number of hydrogen-bond donors (Lipinski definition) is 1. The Bertz CT molecular complexity index is 620. The van der Waals surface area contributed by atoms with Crippen molar-refractivity contribution in [2.75, 3.05) is 26.2 Å². The highest BCUT2D eigenvalue weighted by atomic mass is 16.5. The molecule has 7 nitrogen and oxygen atoms in total. The molecule has 0 unspecified atom stereocenters. The maximum Gasteiger partial charge on any atom is 0.271 e. The van der Waals surface area contributed by atoms with Crippen LogP contribution in [-0.4, -0.2) is 59.0 Å². The highest BCUT2D eigenvalue weighted by Gasteiger charge is 2.46. The van der Waals surface area contributed by atoms with Crippen LogP contribution >= 0.6 is 0 Å². The lowest BCUT2D eigenvalue weighted by atomic mass is 9.84. The number of rotatable bonds is 4. The maximum absolute atomic E-state index is 12.4. The number of aromatic nitrogens is 2. The van der Waals surface area contributed by atoms with E-state index < -0.39 is 0 Å². The Labute approximate surface area is 140 Å². The summed E-state index contributed by atoms with van der Waals surface area (Å²) in [7, 11) is 0. The van der Waals surface area contributed by atoms with Gasteiger partial charge in [-0.3, -0.25) is 14.6 Å². The lowest BCUT2D eigenvalue weighted by molar-refractivity contribution is -0.137. The molecule has 2 aliphatic heterocycles. The van der Waals surface area contributed by atoms with E-state index in [1.165, 1.54) is 18.8 Å². The summed E-state index contributed by atoms with van der Waals surface area (Å²) in [5.41, 5.74) is 0.321. The van der Waals surface area contributed by atoms with Gasteiger partial charge in [0.05, 0.1) is 18.9 Å². The zero-order valence-electron chi connectivity index (χ0n) is 13.6. The fourth-order valence-electron chi connectivity index (χ4n) is 3.83. The quantitative estimate of drug-likeness (QED) is 0.868. The predicted octanol–water partition coefficient (Wildman–Crippen LogP) is 0.480. The third-order valence-corrected chi connectivity index (χ3v) is 5.53. The molecule has 1 aliphatic carbocycles. The minimum atomic E-state index is -0.216. The average Bonchev–Trinajstić information content (AvgIpc) is 3.12. The molecule has 1 N–H and O–H groups in total. The Morgan fingerprint density at radius 3 is 2.88 bits per heavy atom. The fraction of sp³-hybridized carbons (Fsp3) is 0.647. The zero-order valence-corrected chi connectivity index (χ0v) is 13.6. The van der Waals surface area contributed by atoms with Crippen molar-refractivity contribution in [1.82, 2.24) is 20.2 Å². The lowest BCUT2D eigenvalue weighted by Gasteiger charge is -2.29. The smallest absolute Gasteiger partial charge is 0.271 e. The summed E-state index contributed by atoms with van der Waals surface area (Å²) in [6.45, 7) is 2.64. The summed E-state index contributed by atoms with van der Waals surface area (Å²) >= 11 is 0. The minimum Gasteiger partial charge on any atom is -0.376 e. The summed E-state index contributed by atoms with van der Waals surface area (Å²) in [5.74, 6) is 0.873. The number of fused-ring (bicyclic) bond motifs is 1. The fourth-order valence-corrected chi connectivity index (χ4v) is 3.83. The van der Waals surface area contributed by atoms with E-state index in [1.807, 2.05) is 4.90 Å². The Morgan fingerprint density at radius 1 is 1.29 bits per heavy atom. The van der Waals surface area contributed by atoms with Gasteiger partial charge in [-0.1, -0.05) is 6.42 Å². The molecule has 7 heteroatoms. The van der Waals surface area contributed by atoms with Crippen LogP contribution in [0.15, 0.2) is 18.6 Å². The summed E-state index contributed by atoms with van der Waals surface area (Å²) in [6, 6.07) is 0. The molecule has 3 atom stereocenters. The third kappa shape index (κ3) is 2.88. The molecule has 2 amide bonds. The molecule has 0 bridgehead atoms. The van der Waals surface area contributed by atoms with Gasteiger partial charge in [0.15, 0.2) is 0 Å². The minimum absolute atomic E-state index is 0.118. The van der Waals surface area contributed by atoms with Crippen molar-refractivity contribution in [3.8, 4) is 0 Å². The molecule has 128 valence electrons. The van der Waals surface area contributed by atoms with Crippen LogP contribution in [0.2, 0.25) is 0 Å². The summed E-state index contributed by atoms with van der Waals surface area (Å²) < 4.78 is 5.87. The first-order valence-corrected chi connectivity index (χ1v) is 8.67. The largest absolute Gasteiger partial charge is 0.376 e. The van der Waals surface area contributed by atoms with Crippen molar-refractivity contribution in [3.63, 3.8) is 0 Å². The van der Waals surface area contributed by atoms with Gasteiger partial charge >= 0.3 is 0 Å². The van der Waals surface area contributed by atoms with E-state index in [0.717, 1.165) is 19.4 Å². The van der Waals surface area contributed by atoms with Crippen molar-refractivity contribution in [2.24, 2.45) is 17.8 Å². The summed E-state index contributed by atoms with van der Waals surface area (Å²) in [4.78, 5) is 34.4. The normalized spacial score (nSPS) is 29.2. The number of carbonyl (C=O) groups excluding carboxylic acids is 2. The number of hydrogen-bond acceptors (Lipinski definition) is 5. The number of likely N-dealkylation sites (tertiary alicyclic amines) is 1. The number of carbonyl (C=O) groups is 2. The van der Waals surface area contributed by atoms with Gasteiger partial charge in [-0.25, -0.2) is 4.98 Å². The molecule has 3 fully saturated rings. The van der Waals surface area contributed by atoms with E-state index in [4.69, 9.17) is 4.74 Å². The highest BCUT2D eigenvalue weighted by molar-refractivity contribution is 5.91. The van der Waals surface area contributed by atoms with Crippen molar-refractivity contribution in [3.05, 3.63) is 24.3 Å². The first kappa shape index (κ1) is 15.5. The summed E-state index contributed by atoms with van der Waals surface area (Å²) in [6.07, 6.45) is 7.85. The van der Waals surface area contributed by atoms with Crippen molar-refractivity contribution >= 4 is 11.8 Å². The van der Waals surface area contributed by atoms with E-state index in [2.05, 4.69) is 15.3 Å². The molecule has 1 aromatic heterocycles. The van der Waals surface area contributed by atoms with Crippen LogP contribution in [0.3, 0.4) is 0 Å². The second-order valence-electron chi connectivity index (χ2n) is 6.97. The van der Waals surface area contributed by atoms with Crippen molar-refractivity contribution in [2.45, 2.75) is 25.4 Å². The van der Waals surface area contributed by atoms with Gasteiger partial charge in [0.25, 0.3) is 5.91 Å². The van der Waals surface area contributed by atoms with Crippen LogP contribution in [0.1, 0.15) is 29.8 Å². The Hall–Kier alpha value is -2.02. The Balaban J connectivity index is 1.31. The monoisotopic (exact) mass is 330 g/mol. The van der Waals surface area contributed by atoms with Crippen molar-refractivity contribution < 1.29 is 14.3 Å². The number of ether oxygens (including phenoxy) is 1. The molecule has 0 radical (unpaired) electrons. The number of nitrogens with zero attached hydrogens (tertiary/aromatic N) is 3. The van der Waals surface area contributed by atoms with E-state index in [9.17, 15) is 9.59 Å². The Kier molecular flexibility index (Phi) is 4.18. The topological polar surface area (TPSA) is 84.4 Å². The second kappa shape index (κ2) is 6.47. The zero-order chi connectivity index (χ0) is 16.5. The molecule has 24 heavy (non-hydrogen) atoms. The molecule has 3 heterocycles. The average molecular weight is 330 g/mol. The molecular formula is C17H22N4O3. The second-order valence-corrected chi connectivity index (χ2v) is 6.97. The molecule has 0 spiro atoms. The SMILES string of the molecule is O=C(NC[C@H]1CO[C@@H]2CN(C(=O)C3CCC3)C[C@H]12)c1cnccn1. The molecule has 4 rings (SSSR count). The highest BCUT2D eigenvalue weighted by Crippen LogP contribution is 2.36. The third-order valence-electron chi connectivity index (χ3n) is 5.53. The van der Waals surface area contributed by atoms with Crippen LogP contribution in [-0.2, 0) is 9.53 Å². The van der Waals surface area contributed by atoms with Gasteiger partial charge in [0.1, 0.15) is 5.69 Å². The molecule has 1 saturated carbocycles. The summed E-state index contributed by atoms with van der Waals surface area (Å²) in [5, 5.41) is 2.92. The van der Waals surface area contributed by atoms with Crippen LogP contribution in [0.5, 0.6) is 0 Å². The van der Waals surface area contributed by atoms with Gasteiger partial charge in [0, 0.05) is 49.8 Å². The molecule has 1 aromatic rings. The van der Waals surface area contributed by atoms with Gasteiger partial charge in [-0.15, -0.1) is 0 Å². The van der Waals surface area contributed by atoms with Crippen LogP contribution in [0.4, 0.5) is 0 Å². The van der Waals surface area contributed by atoms with E-state index >= 15 is 0 Å². The van der Waals surface area contributed by atoms with E-state index in [-0.39, 0.29) is 23.8 Å². The molecular weight excluding hydrogens is 308 g/mol. The van der Waals surface area contributed by atoms with E-state index in [0.29, 0.717) is 37.2 Å². The molecule has 3 aliphatic rings. The number of nitrogens with one attached hydrogen (secondary N) is 1. The standard InChI is InChI=1S/C17H22N4O3/c22-16(14-7-18-4-5-19-14)20-6-12-10-24-15-9-21(8-13(12)15)17(23)11-2-1-3-11/h4-5,7,11-13,15H,1-3,6,8-10H2,(H,20,22)/t12-,13+,15+/m0/s1. The molecule has 0 aromatic carbocycles. The van der Waals surface area contributed by atoms with Gasteiger partial charge in [-0.2, -0.15) is 0 Å². The van der Waals surface area contributed by atoms with E-state index in [1.54, 1.807) is 6.20 Å². The first-order valence-electron chi connectivity index (χ1n) is 8.67. The molecule has 2 saturated heterocycles. The maximum atomic E-state index is 12.4. The first-order chi connectivity index (χ1) is 11.7. The van der Waals surface area contributed by atoms with Crippen LogP contribution in [0.25, 0.3) is 0 Å². The predicted molar refractivity (Wildman–Crippen MR) is 85.0 cm³/mol. The van der Waals surface area contributed by atoms with Crippen LogP contribution < -0.4 is 5.32 Å². The Morgan fingerprint density at radius 2 is 2.17 bits per heavy atom.